The van der Waals surface area contributed by atoms with Crippen molar-refractivity contribution in [1.29, 1.82) is 0 Å². The Hall–Kier alpha value is -2.20. The van der Waals surface area contributed by atoms with Gasteiger partial charge in [-0.15, -0.1) is 0 Å². The zero-order valence-corrected chi connectivity index (χ0v) is 13.3. The SMILES string of the molecule is Cc1ccc(CNc2cc3c(cc2Cl)NC(=O)CO3)cc1C. The third kappa shape index (κ3) is 3.02. The number of ether oxygens (including phenoxy) is 1. The summed E-state index contributed by atoms with van der Waals surface area (Å²) in [5.74, 6) is 0.464. The lowest BCUT2D eigenvalue weighted by Gasteiger charge is -2.20. The van der Waals surface area contributed by atoms with Gasteiger partial charge in [0.2, 0.25) is 0 Å². The van der Waals surface area contributed by atoms with Gasteiger partial charge in [0.1, 0.15) is 5.75 Å². The Labute approximate surface area is 134 Å². The molecule has 1 amide bonds. The van der Waals surface area contributed by atoms with Crippen LogP contribution < -0.4 is 15.4 Å². The topological polar surface area (TPSA) is 50.4 Å². The number of hydrogen-bond acceptors (Lipinski definition) is 3. The monoisotopic (exact) mass is 316 g/mol. The van der Waals surface area contributed by atoms with Crippen molar-refractivity contribution >= 4 is 28.9 Å². The number of amides is 1. The molecule has 0 aliphatic carbocycles. The molecule has 3 rings (SSSR count). The van der Waals surface area contributed by atoms with Crippen molar-refractivity contribution < 1.29 is 9.53 Å². The van der Waals surface area contributed by atoms with Gasteiger partial charge in [-0.2, -0.15) is 0 Å². The fourth-order valence-electron chi connectivity index (χ4n) is 2.35. The lowest BCUT2D eigenvalue weighted by Crippen LogP contribution is -2.25. The maximum absolute atomic E-state index is 11.3. The summed E-state index contributed by atoms with van der Waals surface area (Å²) in [4.78, 5) is 11.3. The summed E-state index contributed by atoms with van der Waals surface area (Å²) in [5.41, 5.74) is 5.13. The van der Waals surface area contributed by atoms with Gasteiger partial charge >= 0.3 is 0 Å². The van der Waals surface area contributed by atoms with Gasteiger partial charge in [0, 0.05) is 12.6 Å². The van der Waals surface area contributed by atoms with Crippen molar-refractivity contribution in [1.82, 2.24) is 0 Å². The van der Waals surface area contributed by atoms with E-state index in [-0.39, 0.29) is 12.5 Å². The van der Waals surface area contributed by atoms with Gasteiger partial charge in [-0.25, -0.2) is 0 Å². The lowest BCUT2D eigenvalue weighted by atomic mass is 10.1. The minimum absolute atomic E-state index is 0.0330. The first kappa shape index (κ1) is 14.7. The van der Waals surface area contributed by atoms with Crippen molar-refractivity contribution in [2.24, 2.45) is 0 Å². The van der Waals surface area contributed by atoms with Gasteiger partial charge in [-0.05, 0) is 36.6 Å². The first-order valence-electron chi connectivity index (χ1n) is 7.09. The minimum Gasteiger partial charge on any atom is -0.482 e. The average Bonchev–Trinajstić information content (AvgIpc) is 2.48. The molecule has 2 N–H and O–H groups in total. The standard InChI is InChI=1S/C17H17ClN2O2/c1-10-3-4-12(5-11(10)2)8-19-14-7-16-15(6-13(14)18)20-17(21)9-22-16/h3-7,19H,8-9H2,1-2H3,(H,20,21). The Balaban J connectivity index is 1.78. The normalized spacial score (nSPS) is 13.1. The predicted octanol–water partition coefficient (Wildman–Crippen LogP) is 3.90. The van der Waals surface area contributed by atoms with E-state index in [1.807, 2.05) is 6.07 Å². The van der Waals surface area contributed by atoms with Crippen molar-refractivity contribution in [3.05, 3.63) is 52.0 Å². The van der Waals surface area contributed by atoms with Gasteiger partial charge in [-0.1, -0.05) is 29.8 Å². The van der Waals surface area contributed by atoms with Crippen LogP contribution in [0.2, 0.25) is 5.02 Å². The van der Waals surface area contributed by atoms with E-state index in [0.717, 1.165) is 5.69 Å². The molecule has 1 heterocycles. The van der Waals surface area contributed by atoms with Crippen LogP contribution >= 0.6 is 11.6 Å². The Bertz CT molecular complexity index is 744. The summed E-state index contributed by atoms with van der Waals surface area (Å²) in [6, 6.07) is 9.89. The molecule has 5 heteroatoms. The van der Waals surface area contributed by atoms with Crippen LogP contribution in [0.25, 0.3) is 0 Å². The second-order valence-electron chi connectivity index (χ2n) is 5.44. The Morgan fingerprint density at radius 2 is 2.05 bits per heavy atom. The van der Waals surface area contributed by atoms with Crippen LogP contribution in [0.3, 0.4) is 0 Å². The lowest BCUT2D eigenvalue weighted by molar-refractivity contribution is -0.118. The third-order valence-corrected chi connectivity index (χ3v) is 4.07. The van der Waals surface area contributed by atoms with Crippen LogP contribution in [0.5, 0.6) is 5.75 Å². The molecule has 2 aromatic carbocycles. The van der Waals surface area contributed by atoms with Crippen molar-refractivity contribution in [2.75, 3.05) is 17.2 Å². The Morgan fingerprint density at radius 3 is 2.82 bits per heavy atom. The first-order valence-corrected chi connectivity index (χ1v) is 7.47. The number of benzene rings is 2. The molecule has 0 fully saturated rings. The molecule has 0 saturated carbocycles. The zero-order valence-electron chi connectivity index (χ0n) is 12.5. The number of nitrogens with one attached hydrogen (secondary N) is 2. The summed E-state index contributed by atoms with van der Waals surface area (Å²) >= 11 is 6.26. The Kier molecular flexibility index (Phi) is 3.94. The molecule has 0 radical (unpaired) electrons. The van der Waals surface area contributed by atoms with Gasteiger partial charge in [0.15, 0.2) is 6.61 Å². The predicted molar refractivity (Wildman–Crippen MR) is 88.8 cm³/mol. The summed E-state index contributed by atoms with van der Waals surface area (Å²) in [6.07, 6.45) is 0. The number of fused-ring (bicyclic) bond motifs is 1. The molecule has 1 aliphatic heterocycles. The molecule has 0 unspecified atom stereocenters. The molecular weight excluding hydrogens is 300 g/mol. The molecule has 22 heavy (non-hydrogen) atoms. The van der Waals surface area contributed by atoms with Gasteiger partial charge in [-0.3, -0.25) is 4.79 Å². The maximum Gasteiger partial charge on any atom is 0.262 e. The maximum atomic E-state index is 11.3. The second kappa shape index (κ2) is 5.89. The molecule has 4 nitrogen and oxygen atoms in total. The highest BCUT2D eigenvalue weighted by Crippen LogP contribution is 2.36. The first-order chi connectivity index (χ1) is 10.5. The fourth-order valence-corrected chi connectivity index (χ4v) is 2.58. The van der Waals surface area contributed by atoms with Crippen LogP contribution in [0.1, 0.15) is 16.7 Å². The highest BCUT2D eigenvalue weighted by molar-refractivity contribution is 6.33. The van der Waals surface area contributed by atoms with Crippen molar-refractivity contribution in [3.8, 4) is 5.75 Å². The van der Waals surface area contributed by atoms with E-state index in [2.05, 4.69) is 42.7 Å². The summed E-state index contributed by atoms with van der Waals surface area (Å²) in [7, 11) is 0. The smallest absolute Gasteiger partial charge is 0.262 e. The summed E-state index contributed by atoms with van der Waals surface area (Å²) in [5, 5.41) is 6.60. The molecule has 1 aliphatic rings. The zero-order chi connectivity index (χ0) is 15.7. The minimum atomic E-state index is -0.167. The van der Waals surface area contributed by atoms with Crippen LogP contribution in [0.15, 0.2) is 30.3 Å². The number of carbonyl (C=O) groups is 1. The van der Waals surface area contributed by atoms with Crippen LogP contribution in [0.4, 0.5) is 11.4 Å². The summed E-state index contributed by atoms with van der Waals surface area (Å²) < 4.78 is 5.41. The molecule has 2 aromatic rings. The number of aryl methyl sites for hydroxylation is 2. The number of anilines is 2. The molecule has 0 bridgehead atoms. The molecular formula is C17H17ClN2O2. The molecule has 0 atom stereocenters. The highest BCUT2D eigenvalue weighted by Gasteiger charge is 2.18. The second-order valence-corrected chi connectivity index (χ2v) is 5.84. The van der Waals surface area contributed by atoms with E-state index in [1.54, 1.807) is 6.07 Å². The number of rotatable bonds is 3. The summed E-state index contributed by atoms with van der Waals surface area (Å²) in [6.45, 7) is 4.90. The number of carbonyl (C=O) groups excluding carboxylic acids is 1. The van der Waals surface area contributed by atoms with E-state index in [9.17, 15) is 4.79 Å². The van der Waals surface area contributed by atoms with Crippen LogP contribution in [-0.4, -0.2) is 12.5 Å². The van der Waals surface area contributed by atoms with E-state index in [0.29, 0.717) is 23.0 Å². The highest BCUT2D eigenvalue weighted by atomic mass is 35.5. The van der Waals surface area contributed by atoms with E-state index in [4.69, 9.17) is 16.3 Å². The van der Waals surface area contributed by atoms with E-state index in [1.165, 1.54) is 16.7 Å². The molecule has 0 aromatic heterocycles. The van der Waals surface area contributed by atoms with Gasteiger partial charge < -0.3 is 15.4 Å². The van der Waals surface area contributed by atoms with Gasteiger partial charge in [0.25, 0.3) is 5.91 Å². The van der Waals surface area contributed by atoms with Crippen LogP contribution in [-0.2, 0) is 11.3 Å². The van der Waals surface area contributed by atoms with E-state index >= 15 is 0 Å². The largest absolute Gasteiger partial charge is 0.482 e. The molecule has 114 valence electrons. The van der Waals surface area contributed by atoms with Crippen molar-refractivity contribution in [2.45, 2.75) is 20.4 Å². The molecule has 0 spiro atoms. The van der Waals surface area contributed by atoms with Crippen molar-refractivity contribution in [3.63, 3.8) is 0 Å². The fraction of sp³-hybridized carbons (Fsp3) is 0.235. The quantitative estimate of drug-likeness (QED) is 0.903. The van der Waals surface area contributed by atoms with Crippen LogP contribution in [0, 0.1) is 13.8 Å². The average molecular weight is 317 g/mol. The van der Waals surface area contributed by atoms with Gasteiger partial charge in [0.05, 0.1) is 16.4 Å². The number of halogens is 1. The molecule has 0 saturated heterocycles. The Morgan fingerprint density at radius 1 is 1.23 bits per heavy atom. The third-order valence-electron chi connectivity index (χ3n) is 3.76. The number of hydrogen-bond donors (Lipinski definition) is 2. The van der Waals surface area contributed by atoms with E-state index < -0.39 is 0 Å².